The van der Waals surface area contributed by atoms with Crippen LogP contribution < -0.4 is 0 Å². The number of hydrogen-bond acceptors (Lipinski definition) is 1. The van der Waals surface area contributed by atoms with Crippen molar-refractivity contribution >= 4 is 0 Å². The Morgan fingerprint density at radius 1 is 1.16 bits per heavy atom. The summed E-state index contributed by atoms with van der Waals surface area (Å²) in [5.41, 5.74) is -0.118. The Bertz CT molecular complexity index is 418. The fourth-order valence-corrected chi connectivity index (χ4v) is 3.09. The Balaban J connectivity index is 2.16. The molecule has 1 fully saturated rings. The van der Waals surface area contributed by atoms with E-state index in [1.165, 1.54) is 12.4 Å². The van der Waals surface area contributed by atoms with Crippen molar-refractivity contribution in [3.63, 3.8) is 0 Å². The molecule has 0 atom stereocenters. The van der Waals surface area contributed by atoms with Gasteiger partial charge in [0.25, 0.3) is 0 Å². The first-order valence-electron chi connectivity index (χ1n) is 6.90. The highest BCUT2D eigenvalue weighted by Gasteiger charge is 2.36. The quantitative estimate of drug-likeness (QED) is 0.735. The van der Waals surface area contributed by atoms with Crippen molar-refractivity contribution in [2.45, 2.75) is 51.6 Å². The van der Waals surface area contributed by atoms with Gasteiger partial charge >= 0.3 is 6.18 Å². The number of aromatic nitrogens is 1. The summed E-state index contributed by atoms with van der Waals surface area (Å²) in [6.45, 7) is 4.38. The Labute approximate surface area is 112 Å². The highest BCUT2D eigenvalue weighted by molar-refractivity contribution is 5.30. The number of alkyl halides is 3. The van der Waals surface area contributed by atoms with Crippen LogP contribution in [0.5, 0.6) is 0 Å². The number of hydrogen-bond donors (Lipinski definition) is 0. The number of nitrogens with zero attached hydrogens (tertiary/aromatic N) is 1. The van der Waals surface area contributed by atoms with E-state index in [-0.39, 0.29) is 5.92 Å². The first-order chi connectivity index (χ1) is 8.89. The molecule has 0 spiro atoms. The lowest BCUT2D eigenvalue weighted by atomic mass is 9.74. The van der Waals surface area contributed by atoms with Gasteiger partial charge in [0.2, 0.25) is 0 Å². The van der Waals surface area contributed by atoms with E-state index in [4.69, 9.17) is 0 Å². The van der Waals surface area contributed by atoms with E-state index in [1.54, 1.807) is 0 Å². The van der Waals surface area contributed by atoms with Crippen LogP contribution in [-0.2, 0) is 6.18 Å². The van der Waals surface area contributed by atoms with Crippen LogP contribution in [0.15, 0.2) is 18.5 Å². The van der Waals surface area contributed by atoms with E-state index in [0.29, 0.717) is 17.4 Å². The van der Waals surface area contributed by atoms with Gasteiger partial charge in [-0.1, -0.05) is 13.8 Å². The third-order valence-corrected chi connectivity index (χ3v) is 4.31. The Morgan fingerprint density at radius 3 is 2.32 bits per heavy atom. The van der Waals surface area contributed by atoms with Crippen molar-refractivity contribution < 1.29 is 13.2 Å². The zero-order chi connectivity index (χ0) is 14.0. The molecule has 19 heavy (non-hydrogen) atoms. The van der Waals surface area contributed by atoms with Crippen LogP contribution in [0.4, 0.5) is 13.2 Å². The van der Waals surface area contributed by atoms with E-state index < -0.39 is 11.7 Å². The molecule has 0 bridgehead atoms. The molecule has 0 amide bonds. The topological polar surface area (TPSA) is 12.9 Å². The maximum absolute atomic E-state index is 13.0. The van der Waals surface area contributed by atoms with E-state index in [1.807, 2.05) is 0 Å². The summed E-state index contributed by atoms with van der Waals surface area (Å²) in [7, 11) is 0. The van der Waals surface area contributed by atoms with E-state index in [0.717, 1.165) is 31.7 Å². The maximum atomic E-state index is 13.0. The van der Waals surface area contributed by atoms with Gasteiger partial charge in [0, 0.05) is 12.4 Å². The molecule has 106 valence electrons. The van der Waals surface area contributed by atoms with Crippen LogP contribution in [0.25, 0.3) is 0 Å². The highest BCUT2D eigenvalue weighted by Crippen LogP contribution is 2.42. The van der Waals surface area contributed by atoms with Crippen LogP contribution in [0, 0.1) is 11.8 Å². The zero-order valence-electron chi connectivity index (χ0n) is 11.4. The molecule has 2 rings (SSSR count). The minimum absolute atomic E-state index is 0.0142. The third-order valence-electron chi connectivity index (χ3n) is 4.31. The predicted molar refractivity (Wildman–Crippen MR) is 68.8 cm³/mol. The van der Waals surface area contributed by atoms with Gasteiger partial charge in [-0.3, -0.25) is 4.98 Å². The Morgan fingerprint density at radius 2 is 1.79 bits per heavy atom. The van der Waals surface area contributed by atoms with Gasteiger partial charge < -0.3 is 0 Å². The van der Waals surface area contributed by atoms with Crippen LogP contribution in [0.1, 0.15) is 56.6 Å². The summed E-state index contributed by atoms with van der Waals surface area (Å²) in [5, 5.41) is 0. The third kappa shape index (κ3) is 3.28. The van der Waals surface area contributed by atoms with Crippen molar-refractivity contribution in [2.75, 3.05) is 0 Å². The van der Waals surface area contributed by atoms with E-state index in [2.05, 4.69) is 18.8 Å². The SMILES string of the molecule is CC(C)C1CCC(c2cnccc2C(F)(F)F)CC1. The number of halogens is 3. The minimum Gasteiger partial charge on any atom is -0.264 e. The van der Waals surface area contributed by atoms with Crippen LogP contribution in [0.3, 0.4) is 0 Å². The lowest BCUT2D eigenvalue weighted by molar-refractivity contribution is -0.138. The average Bonchev–Trinajstić information content (AvgIpc) is 2.38. The van der Waals surface area contributed by atoms with Crippen molar-refractivity contribution in [3.8, 4) is 0 Å². The van der Waals surface area contributed by atoms with Crippen LogP contribution in [0.2, 0.25) is 0 Å². The van der Waals surface area contributed by atoms with E-state index >= 15 is 0 Å². The molecular formula is C15H20F3N. The second-order valence-corrected chi connectivity index (χ2v) is 5.82. The first kappa shape index (κ1) is 14.4. The molecular weight excluding hydrogens is 251 g/mol. The smallest absolute Gasteiger partial charge is 0.264 e. The molecule has 1 aromatic rings. The normalized spacial score (nSPS) is 24.7. The summed E-state index contributed by atoms with van der Waals surface area (Å²) in [6.07, 6.45) is 2.10. The fourth-order valence-electron chi connectivity index (χ4n) is 3.09. The molecule has 1 nitrogen and oxygen atoms in total. The van der Waals surface area contributed by atoms with Crippen molar-refractivity contribution in [1.29, 1.82) is 0 Å². The summed E-state index contributed by atoms with van der Waals surface area (Å²) in [6, 6.07) is 1.10. The van der Waals surface area contributed by atoms with E-state index in [9.17, 15) is 13.2 Å². The fraction of sp³-hybridized carbons (Fsp3) is 0.667. The number of pyridine rings is 1. The van der Waals surface area contributed by atoms with Crippen molar-refractivity contribution in [2.24, 2.45) is 11.8 Å². The molecule has 0 N–H and O–H groups in total. The Kier molecular flexibility index (Phi) is 4.16. The van der Waals surface area contributed by atoms with Crippen molar-refractivity contribution in [1.82, 2.24) is 4.98 Å². The summed E-state index contributed by atoms with van der Waals surface area (Å²) in [4.78, 5) is 3.89. The monoisotopic (exact) mass is 271 g/mol. The van der Waals surface area contributed by atoms with Crippen LogP contribution >= 0.6 is 0 Å². The Hall–Kier alpha value is -1.06. The summed E-state index contributed by atoms with van der Waals surface area (Å²) < 4.78 is 38.9. The molecule has 0 aliphatic heterocycles. The molecule has 0 aromatic carbocycles. The van der Waals surface area contributed by atoms with Crippen molar-refractivity contribution in [3.05, 3.63) is 29.6 Å². The summed E-state index contributed by atoms with van der Waals surface area (Å²) in [5.74, 6) is 1.29. The zero-order valence-corrected chi connectivity index (χ0v) is 11.4. The van der Waals surface area contributed by atoms with Gasteiger partial charge in [-0.2, -0.15) is 13.2 Å². The van der Waals surface area contributed by atoms with Gasteiger partial charge in [-0.15, -0.1) is 0 Å². The predicted octanol–water partition coefficient (Wildman–Crippen LogP) is 5.03. The maximum Gasteiger partial charge on any atom is 0.416 e. The number of rotatable bonds is 2. The highest BCUT2D eigenvalue weighted by atomic mass is 19.4. The first-order valence-corrected chi connectivity index (χ1v) is 6.90. The largest absolute Gasteiger partial charge is 0.416 e. The van der Waals surface area contributed by atoms with Crippen LogP contribution in [-0.4, -0.2) is 4.98 Å². The molecule has 1 aromatic heterocycles. The average molecular weight is 271 g/mol. The molecule has 1 heterocycles. The lowest BCUT2D eigenvalue weighted by Crippen LogP contribution is -2.20. The van der Waals surface area contributed by atoms with Gasteiger partial charge in [0.05, 0.1) is 5.56 Å². The summed E-state index contributed by atoms with van der Waals surface area (Å²) >= 11 is 0. The molecule has 1 aliphatic carbocycles. The molecule has 1 saturated carbocycles. The second-order valence-electron chi connectivity index (χ2n) is 5.82. The lowest BCUT2D eigenvalue weighted by Gasteiger charge is -2.32. The molecule has 1 aliphatic rings. The van der Waals surface area contributed by atoms with Gasteiger partial charge in [0.15, 0.2) is 0 Å². The minimum atomic E-state index is -4.27. The molecule has 0 radical (unpaired) electrons. The van der Waals surface area contributed by atoms with Gasteiger partial charge in [0.1, 0.15) is 0 Å². The second kappa shape index (κ2) is 5.51. The molecule has 4 heteroatoms. The molecule has 0 saturated heterocycles. The van der Waals surface area contributed by atoms with Gasteiger partial charge in [-0.25, -0.2) is 0 Å². The molecule has 0 unspecified atom stereocenters. The standard InChI is InChI=1S/C15H20F3N/c1-10(2)11-3-5-12(6-4-11)13-9-19-8-7-14(13)15(16,17)18/h7-12H,3-6H2,1-2H3. The van der Waals surface area contributed by atoms with Gasteiger partial charge in [-0.05, 0) is 55.1 Å².